The van der Waals surface area contributed by atoms with Crippen molar-refractivity contribution in [2.24, 2.45) is 5.16 Å². The van der Waals surface area contributed by atoms with Crippen molar-refractivity contribution in [3.63, 3.8) is 0 Å². The first kappa shape index (κ1) is 16.1. The third-order valence-electron chi connectivity index (χ3n) is 3.83. The van der Waals surface area contributed by atoms with Crippen molar-refractivity contribution in [2.75, 3.05) is 7.11 Å². The van der Waals surface area contributed by atoms with Crippen LogP contribution in [0.5, 0.6) is 0 Å². The minimum absolute atomic E-state index is 0.306. The molecule has 2 aromatic rings. The molecule has 4 heteroatoms. The van der Waals surface area contributed by atoms with Crippen molar-refractivity contribution in [3.8, 4) is 0 Å². The molecule has 0 aliphatic heterocycles. The monoisotopic (exact) mass is 303 g/mol. The summed E-state index contributed by atoms with van der Waals surface area (Å²) in [4.78, 5) is 4.91. The second-order valence-electron chi connectivity index (χ2n) is 5.19. The number of hydrogen-bond donors (Lipinski definition) is 0. The lowest BCUT2D eigenvalue weighted by molar-refractivity contribution is 0.210. The molecule has 116 valence electrons. The quantitative estimate of drug-likeness (QED) is 0.570. The predicted octanol–water partition coefficient (Wildman–Crippen LogP) is 4.87. The van der Waals surface area contributed by atoms with Gasteiger partial charge < -0.3 is 4.84 Å². The zero-order valence-electron chi connectivity index (χ0n) is 12.9. The van der Waals surface area contributed by atoms with Gasteiger partial charge in [-0.3, -0.25) is 0 Å². The van der Waals surface area contributed by atoms with Gasteiger partial charge in [0.1, 0.15) is 18.7 Å². The summed E-state index contributed by atoms with van der Waals surface area (Å²) < 4.78 is 28.0. The fourth-order valence-electron chi connectivity index (χ4n) is 2.61. The Kier molecular flexibility index (Phi) is 5.26. The van der Waals surface area contributed by atoms with E-state index in [-0.39, 0.29) is 23.5 Å². The Bertz CT molecular complexity index is 616. The van der Waals surface area contributed by atoms with Gasteiger partial charge in [0.15, 0.2) is 0 Å². The summed E-state index contributed by atoms with van der Waals surface area (Å²) >= 11 is 0. The molecule has 0 saturated heterocycles. The lowest BCUT2D eigenvalue weighted by Gasteiger charge is -2.21. The molecule has 0 spiro atoms. The van der Waals surface area contributed by atoms with Crippen LogP contribution < -0.4 is 0 Å². The van der Waals surface area contributed by atoms with Crippen molar-refractivity contribution in [3.05, 3.63) is 71.3 Å². The smallest absolute Gasteiger partial charge is 0.127 e. The molecule has 0 N–H and O–H groups in total. The zero-order valence-corrected chi connectivity index (χ0v) is 12.9. The van der Waals surface area contributed by atoms with Crippen LogP contribution in [0.2, 0.25) is 0 Å². The SMILES string of the molecule is CON=C(C(C)c1ccccc1F)C(C)c1ccccc1F. The highest BCUT2D eigenvalue weighted by Crippen LogP contribution is 2.30. The maximum atomic E-state index is 14.0. The Morgan fingerprint density at radius 2 is 1.27 bits per heavy atom. The van der Waals surface area contributed by atoms with Gasteiger partial charge in [-0.2, -0.15) is 0 Å². The maximum Gasteiger partial charge on any atom is 0.127 e. The summed E-state index contributed by atoms with van der Waals surface area (Å²) in [6, 6.07) is 13.0. The lowest BCUT2D eigenvalue weighted by atomic mass is 9.84. The number of rotatable bonds is 5. The largest absolute Gasteiger partial charge is 0.399 e. The summed E-state index contributed by atoms with van der Waals surface area (Å²) in [5.41, 5.74) is 1.61. The van der Waals surface area contributed by atoms with E-state index in [1.165, 1.54) is 19.2 Å². The van der Waals surface area contributed by atoms with E-state index in [9.17, 15) is 8.78 Å². The lowest BCUT2D eigenvalue weighted by Crippen LogP contribution is -2.19. The first-order valence-electron chi connectivity index (χ1n) is 7.16. The number of oxime groups is 1. The maximum absolute atomic E-state index is 14.0. The molecule has 2 aromatic carbocycles. The summed E-state index contributed by atoms with van der Waals surface area (Å²) in [5, 5.41) is 4.04. The van der Waals surface area contributed by atoms with Crippen LogP contribution in [0, 0.1) is 11.6 Å². The van der Waals surface area contributed by atoms with Crippen LogP contribution in [0.25, 0.3) is 0 Å². The van der Waals surface area contributed by atoms with Gasteiger partial charge in [0.2, 0.25) is 0 Å². The van der Waals surface area contributed by atoms with Crippen molar-refractivity contribution < 1.29 is 13.6 Å². The second kappa shape index (κ2) is 7.16. The number of benzene rings is 2. The van der Waals surface area contributed by atoms with E-state index in [1.54, 1.807) is 36.4 Å². The van der Waals surface area contributed by atoms with Crippen LogP contribution in [-0.2, 0) is 4.84 Å². The molecule has 0 radical (unpaired) electrons. The van der Waals surface area contributed by atoms with Gasteiger partial charge in [-0.1, -0.05) is 55.4 Å². The van der Waals surface area contributed by atoms with Crippen LogP contribution in [0.3, 0.4) is 0 Å². The third kappa shape index (κ3) is 3.32. The van der Waals surface area contributed by atoms with E-state index >= 15 is 0 Å². The van der Waals surface area contributed by atoms with Gasteiger partial charge in [-0.25, -0.2) is 8.78 Å². The fraction of sp³-hybridized carbons (Fsp3) is 0.278. The summed E-state index contributed by atoms with van der Waals surface area (Å²) in [6.45, 7) is 3.68. The van der Waals surface area contributed by atoms with Gasteiger partial charge in [0, 0.05) is 11.8 Å². The van der Waals surface area contributed by atoms with Crippen LogP contribution in [-0.4, -0.2) is 12.8 Å². The minimum atomic E-state index is -0.323. The molecule has 0 amide bonds. The first-order valence-corrected chi connectivity index (χ1v) is 7.16. The minimum Gasteiger partial charge on any atom is -0.399 e. The molecular weight excluding hydrogens is 284 g/mol. The highest BCUT2D eigenvalue weighted by Gasteiger charge is 2.25. The average molecular weight is 303 g/mol. The topological polar surface area (TPSA) is 21.6 Å². The van der Waals surface area contributed by atoms with Crippen molar-refractivity contribution in [1.82, 2.24) is 0 Å². The second-order valence-corrected chi connectivity index (χ2v) is 5.19. The Morgan fingerprint density at radius 3 is 1.64 bits per heavy atom. The predicted molar refractivity (Wildman–Crippen MR) is 84.1 cm³/mol. The molecule has 0 bridgehead atoms. The standard InChI is InChI=1S/C18H19F2NO/c1-12(14-8-4-6-10-16(14)19)18(21-22-3)13(2)15-9-5-7-11-17(15)20/h4-13H,1-3H3. The molecule has 0 heterocycles. The molecule has 2 rings (SSSR count). The molecule has 22 heavy (non-hydrogen) atoms. The molecule has 2 unspecified atom stereocenters. The number of hydrogen-bond acceptors (Lipinski definition) is 2. The Hall–Kier alpha value is -2.23. The molecule has 0 aliphatic carbocycles. The van der Waals surface area contributed by atoms with Gasteiger partial charge >= 0.3 is 0 Å². The number of nitrogens with zero attached hydrogens (tertiary/aromatic N) is 1. The first-order chi connectivity index (χ1) is 10.6. The van der Waals surface area contributed by atoms with Gasteiger partial charge in [-0.15, -0.1) is 0 Å². The summed E-state index contributed by atoms with van der Waals surface area (Å²) in [5.74, 6) is -1.26. The molecule has 2 nitrogen and oxygen atoms in total. The van der Waals surface area contributed by atoms with Crippen LogP contribution >= 0.6 is 0 Å². The van der Waals surface area contributed by atoms with Gasteiger partial charge in [-0.05, 0) is 23.3 Å². The molecule has 0 fully saturated rings. The van der Waals surface area contributed by atoms with Gasteiger partial charge in [0.25, 0.3) is 0 Å². The molecular formula is C18H19F2NO. The van der Waals surface area contributed by atoms with E-state index in [1.807, 2.05) is 13.8 Å². The molecule has 0 aliphatic rings. The Morgan fingerprint density at radius 1 is 0.864 bits per heavy atom. The zero-order chi connectivity index (χ0) is 16.1. The van der Waals surface area contributed by atoms with Crippen molar-refractivity contribution >= 4 is 5.71 Å². The van der Waals surface area contributed by atoms with Gasteiger partial charge in [0.05, 0.1) is 5.71 Å². The van der Waals surface area contributed by atoms with E-state index in [0.29, 0.717) is 16.8 Å². The van der Waals surface area contributed by atoms with Crippen LogP contribution in [0.15, 0.2) is 53.7 Å². The highest BCUT2D eigenvalue weighted by atomic mass is 19.1. The third-order valence-corrected chi connectivity index (χ3v) is 3.83. The highest BCUT2D eigenvalue weighted by molar-refractivity contribution is 5.95. The van der Waals surface area contributed by atoms with E-state index in [0.717, 1.165) is 0 Å². The Balaban J connectivity index is 2.41. The molecule has 0 saturated carbocycles. The van der Waals surface area contributed by atoms with E-state index < -0.39 is 0 Å². The van der Waals surface area contributed by atoms with Crippen LogP contribution in [0.4, 0.5) is 8.78 Å². The normalized spacial score (nSPS) is 13.3. The number of halogens is 2. The van der Waals surface area contributed by atoms with E-state index in [4.69, 9.17) is 4.84 Å². The molecule has 2 atom stereocenters. The van der Waals surface area contributed by atoms with Crippen molar-refractivity contribution in [1.29, 1.82) is 0 Å². The fourth-order valence-corrected chi connectivity index (χ4v) is 2.61. The Labute approximate surface area is 129 Å². The van der Waals surface area contributed by atoms with Crippen molar-refractivity contribution in [2.45, 2.75) is 25.7 Å². The van der Waals surface area contributed by atoms with Crippen LogP contribution in [0.1, 0.15) is 36.8 Å². The summed E-state index contributed by atoms with van der Waals surface area (Å²) in [6.07, 6.45) is 0. The average Bonchev–Trinajstić information content (AvgIpc) is 2.52. The molecule has 0 aromatic heterocycles. The van der Waals surface area contributed by atoms with E-state index in [2.05, 4.69) is 5.16 Å². The summed E-state index contributed by atoms with van der Waals surface area (Å²) in [7, 11) is 1.43.